The van der Waals surface area contributed by atoms with Crippen LogP contribution in [0.4, 0.5) is 0 Å². The standard InChI is InChI=1S/C14H13ClN2O2/c1-19-13-5-2-11(15)7-9(13)6-10(8-16)14(18)17-12-3-4-12/h2,5-7,12H,3-4H2,1H3,(H,17,18)/b10-6+. The van der Waals surface area contributed by atoms with Gasteiger partial charge in [-0.2, -0.15) is 5.26 Å². The molecule has 0 unspecified atom stereocenters. The van der Waals surface area contributed by atoms with Crippen LogP contribution < -0.4 is 10.1 Å². The smallest absolute Gasteiger partial charge is 0.262 e. The Hall–Kier alpha value is -1.99. The number of nitrogens with one attached hydrogen (secondary N) is 1. The van der Waals surface area contributed by atoms with Crippen LogP contribution in [0.2, 0.25) is 5.02 Å². The number of methoxy groups -OCH3 is 1. The molecule has 2 rings (SSSR count). The molecule has 1 aliphatic rings. The van der Waals surface area contributed by atoms with E-state index in [1.165, 1.54) is 13.2 Å². The minimum absolute atomic E-state index is 0.0486. The average Bonchev–Trinajstić information content (AvgIpc) is 3.19. The first-order chi connectivity index (χ1) is 9.13. The largest absolute Gasteiger partial charge is 0.496 e. The van der Waals surface area contributed by atoms with Crippen molar-refractivity contribution in [3.8, 4) is 11.8 Å². The van der Waals surface area contributed by atoms with E-state index in [0.29, 0.717) is 16.3 Å². The van der Waals surface area contributed by atoms with Crippen molar-refractivity contribution in [2.45, 2.75) is 18.9 Å². The molecule has 0 heterocycles. The van der Waals surface area contributed by atoms with Gasteiger partial charge < -0.3 is 10.1 Å². The van der Waals surface area contributed by atoms with Crippen molar-refractivity contribution in [1.82, 2.24) is 5.32 Å². The van der Waals surface area contributed by atoms with Crippen LogP contribution in [0.3, 0.4) is 0 Å². The Morgan fingerprint density at radius 3 is 2.89 bits per heavy atom. The van der Waals surface area contributed by atoms with Crippen molar-refractivity contribution in [3.05, 3.63) is 34.4 Å². The molecule has 5 heteroatoms. The number of benzene rings is 1. The Morgan fingerprint density at radius 2 is 2.32 bits per heavy atom. The van der Waals surface area contributed by atoms with E-state index in [2.05, 4.69) is 5.32 Å². The molecule has 0 spiro atoms. The molecular weight excluding hydrogens is 264 g/mol. The Labute approximate surface area is 116 Å². The summed E-state index contributed by atoms with van der Waals surface area (Å²) in [5.41, 5.74) is 0.657. The van der Waals surface area contributed by atoms with E-state index in [-0.39, 0.29) is 17.5 Å². The number of nitrogens with zero attached hydrogens (tertiary/aromatic N) is 1. The van der Waals surface area contributed by atoms with Gasteiger partial charge in [-0.1, -0.05) is 11.6 Å². The normalized spacial score (nSPS) is 14.7. The maximum Gasteiger partial charge on any atom is 0.262 e. The number of hydrogen-bond donors (Lipinski definition) is 1. The second-order valence-electron chi connectivity index (χ2n) is 4.30. The number of halogens is 1. The highest BCUT2D eigenvalue weighted by Crippen LogP contribution is 2.25. The zero-order valence-corrected chi connectivity index (χ0v) is 11.2. The Balaban J connectivity index is 2.28. The molecule has 19 heavy (non-hydrogen) atoms. The van der Waals surface area contributed by atoms with Gasteiger partial charge in [0.05, 0.1) is 7.11 Å². The molecule has 1 aromatic rings. The first kappa shape index (κ1) is 13.4. The average molecular weight is 277 g/mol. The highest BCUT2D eigenvalue weighted by molar-refractivity contribution is 6.30. The lowest BCUT2D eigenvalue weighted by atomic mass is 10.1. The second kappa shape index (κ2) is 5.77. The number of rotatable bonds is 4. The molecule has 1 aliphatic carbocycles. The summed E-state index contributed by atoms with van der Waals surface area (Å²) < 4.78 is 5.17. The molecule has 0 aromatic heterocycles. The van der Waals surface area contributed by atoms with Crippen LogP contribution in [0.15, 0.2) is 23.8 Å². The predicted molar refractivity (Wildman–Crippen MR) is 72.8 cm³/mol. The fourth-order valence-corrected chi connectivity index (χ4v) is 1.79. The van der Waals surface area contributed by atoms with E-state index >= 15 is 0 Å². The summed E-state index contributed by atoms with van der Waals surface area (Å²) >= 11 is 5.91. The molecule has 1 N–H and O–H groups in total. The maximum atomic E-state index is 11.8. The van der Waals surface area contributed by atoms with Crippen molar-refractivity contribution in [3.63, 3.8) is 0 Å². The fraction of sp³-hybridized carbons (Fsp3) is 0.286. The van der Waals surface area contributed by atoms with Crippen LogP contribution in [0.25, 0.3) is 6.08 Å². The SMILES string of the molecule is COc1ccc(Cl)cc1/C=C(\C#N)C(=O)NC1CC1. The number of hydrogen-bond acceptors (Lipinski definition) is 3. The molecule has 1 saturated carbocycles. The zero-order chi connectivity index (χ0) is 13.8. The molecule has 0 atom stereocenters. The molecule has 0 aliphatic heterocycles. The Morgan fingerprint density at radius 1 is 1.58 bits per heavy atom. The van der Waals surface area contributed by atoms with Crippen LogP contribution in [-0.4, -0.2) is 19.1 Å². The first-order valence-electron chi connectivity index (χ1n) is 5.90. The summed E-state index contributed by atoms with van der Waals surface area (Å²) in [5, 5.41) is 12.4. The Kier molecular flexibility index (Phi) is 4.08. The van der Waals surface area contributed by atoms with E-state index < -0.39 is 0 Å². The monoisotopic (exact) mass is 276 g/mol. The van der Waals surface area contributed by atoms with E-state index in [1.807, 2.05) is 6.07 Å². The van der Waals surface area contributed by atoms with Crippen molar-refractivity contribution in [2.24, 2.45) is 0 Å². The van der Waals surface area contributed by atoms with Gasteiger partial charge in [-0.3, -0.25) is 4.79 Å². The van der Waals surface area contributed by atoms with Gasteiger partial charge in [-0.05, 0) is 37.1 Å². The third kappa shape index (κ3) is 3.49. The number of carbonyl (C=O) groups excluding carboxylic acids is 1. The minimum Gasteiger partial charge on any atom is -0.496 e. The maximum absolute atomic E-state index is 11.8. The highest BCUT2D eigenvalue weighted by atomic mass is 35.5. The van der Waals surface area contributed by atoms with Gasteiger partial charge in [0.15, 0.2) is 0 Å². The molecule has 0 radical (unpaired) electrons. The summed E-state index contributed by atoms with van der Waals surface area (Å²) in [5.74, 6) is 0.211. The van der Waals surface area contributed by atoms with E-state index in [0.717, 1.165) is 12.8 Å². The van der Waals surface area contributed by atoms with Gasteiger partial charge in [-0.25, -0.2) is 0 Å². The number of carbonyl (C=O) groups is 1. The van der Waals surface area contributed by atoms with Gasteiger partial charge in [0.2, 0.25) is 0 Å². The van der Waals surface area contributed by atoms with E-state index in [1.54, 1.807) is 18.2 Å². The van der Waals surface area contributed by atoms with E-state index in [4.69, 9.17) is 21.6 Å². The van der Waals surface area contributed by atoms with Crippen molar-refractivity contribution in [1.29, 1.82) is 5.26 Å². The lowest BCUT2D eigenvalue weighted by Crippen LogP contribution is -2.26. The first-order valence-corrected chi connectivity index (χ1v) is 6.28. The molecular formula is C14H13ClN2O2. The van der Waals surface area contributed by atoms with Crippen molar-refractivity contribution in [2.75, 3.05) is 7.11 Å². The lowest BCUT2D eigenvalue weighted by Gasteiger charge is -2.06. The Bertz CT molecular complexity index is 571. The van der Waals surface area contributed by atoms with Gasteiger partial charge in [0.25, 0.3) is 5.91 Å². The molecule has 1 aromatic carbocycles. The number of ether oxygens (including phenoxy) is 1. The van der Waals surface area contributed by atoms with Gasteiger partial charge in [-0.15, -0.1) is 0 Å². The zero-order valence-electron chi connectivity index (χ0n) is 10.4. The summed E-state index contributed by atoms with van der Waals surface area (Å²) in [6.07, 6.45) is 3.44. The quantitative estimate of drug-likeness (QED) is 0.679. The topological polar surface area (TPSA) is 62.1 Å². The van der Waals surface area contributed by atoms with Crippen LogP contribution >= 0.6 is 11.6 Å². The summed E-state index contributed by atoms with van der Waals surface area (Å²) in [7, 11) is 1.52. The van der Waals surface area contributed by atoms with E-state index in [9.17, 15) is 4.79 Å². The van der Waals surface area contributed by atoms with Gasteiger partial charge >= 0.3 is 0 Å². The molecule has 1 fully saturated rings. The third-order valence-electron chi connectivity index (χ3n) is 2.77. The van der Waals surface area contributed by atoms with Crippen LogP contribution in [-0.2, 0) is 4.79 Å². The van der Waals surface area contributed by atoms with Crippen LogP contribution in [0.5, 0.6) is 5.75 Å². The summed E-state index contributed by atoms with van der Waals surface area (Å²) in [6.45, 7) is 0. The molecule has 98 valence electrons. The molecule has 0 saturated heterocycles. The molecule has 4 nitrogen and oxygen atoms in total. The molecule has 1 amide bonds. The fourth-order valence-electron chi connectivity index (χ4n) is 1.61. The second-order valence-corrected chi connectivity index (χ2v) is 4.74. The lowest BCUT2D eigenvalue weighted by molar-refractivity contribution is -0.117. The number of nitriles is 1. The van der Waals surface area contributed by atoms with Crippen LogP contribution in [0, 0.1) is 11.3 Å². The van der Waals surface area contributed by atoms with Crippen molar-refractivity contribution >= 4 is 23.6 Å². The molecule has 0 bridgehead atoms. The van der Waals surface area contributed by atoms with Crippen LogP contribution in [0.1, 0.15) is 18.4 Å². The highest BCUT2D eigenvalue weighted by Gasteiger charge is 2.24. The van der Waals surface area contributed by atoms with Gasteiger partial charge in [0, 0.05) is 16.6 Å². The van der Waals surface area contributed by atoms with Crippen molar-refractivity contribution < 1.29 is 9.53 Å². The summed E-state index contributed by atoms with van der Waals surface area (Å²) in [4.78, 5) is 11.8. The summed E-state index contributed by atoms with van der Waals surface area (Å²) in [6, 6.07) is 7.16. The minimum atomic E-state index is -0.355. The third-order valence-corrected chi connectivity index (χ3v) is 3.00. The van der Waals surface area contributed by atoms with Gasteiger partial charge in [0.1, 0.15) is 17.4 Å². The predicted octanol–water partition coefficient (Wildman–Crippen LogP) is 2.53. The number of amides is 1.